The third-order valence-corrected chi connectivity index (χ3v) is 4.98. The molecule has 0 saturated heterocycles. The molecule has 0 N–H and O–H groups in total. The summed E-state index contributed by atoms with van der Waals surface area (Å²) in [6.45, 7) is 7.69. The first-order valence-electron chi connectivity index (χ1n) is 8.42. The van der Waals surface area contributed by atoms with E-state index in [1.807, 2.05) is 42.8 Å². The molecule has 1 aromatic carbocycles. The van der Waals surface area contributed by atoms with E-state index in [1.165, 1.54) is 10.6 Å². The minimum absolute atomic E-state index is 0.141. The molecule has 8 heteroatoms. The lowest BCUT2D eigenvalue weighted by Gasteiger charge is -2.10. The number of aryl methyl sites for hydroxylation is 3. The number of fused-ring (bicyclic) bond motifs is 3. The molecule has 0 aliphatic rings. The third kappa shape index (κ3) is 2.39. The smallest absolute Gasteiger partial charge is 0.283 e. The maximum Gasteiger partial charge on any atom is 0.332 e. The van der Waals surface area contributed by atoms with Crippen LogP contribution in [0.1, 0.15) is 11.3 Å². The van der Waals surface area contributed by atoms with Crippen molar-refractivity contribution in [1.82, 2.24) is 23.1 Å². The number of aromatic nitrogens is 5. The van der Waals surface area contributed by atoms with Crippen LogP contribution in [-0.4, -0.2) is 23.1 Å². The van der Waals surface area contributed by atoms with Crippen molar-refractivity contribution in [3.05, 3.63) is 74.2 Å². The van der Waals surface area contributed by atoms with Crippen LogP contribution in [0.3, 0.4) is 0 Å². The molecule has 4 aromatic rings. The second-order valence-electron chi connectivity index (χ2n) is 6.54. The third-order valence-electron chi connectivity index (χ3n) is 4.75. The maximum atomic E-state index is 13.0. The van der Waals surface area contributed by atoms with Crippen LogP contribution in [0.25, 0.3) is 22.6 Å². The summed E-state index contributed by atoms with van der Waals surface area (Å²) < 4.78 is 6.20. The summed E-state index contributed by atoms with van der Waals surface area (Å²) in [6, 6.07) is 5.62. The molecule has 3 aromatic heterocycles. The van der Waals surface area contributed by atoms with E-state index in [4.69, 9.17) is 11.6 Å². The van der Waals surface area contributed by atoms with Crippen molar-refractivity contribution < 1.29 is 0 Å². The first-order chi connectivity index (χ1) is 12.8. The number of benzene rings is 1. The Labute approximate surface area is 159 Å². The van der Waals surface area contributed by atoms with Gasteiger partial charge in [0.05, 0.1) is 5.69 Å². The second-order valence-corrected chi connectivity index (χ2v) is 6.97. The lowest BCUT2D eigenvalue weighted by molar-refractivity contribution is 0.667. The monoisotopic (exact) mass is 383 g/mol. The van der Waals surface area contributed by atoms with Crippen molar-refractivity contribution in [2.45, 2.75) is 20.4 Å². The van der Waals surface area contributed by atoms with Gasteiger partial charge in [0.2, 0.25) is 5.78 Å². The molecular formula is C19H18ClN5O2. The summed E-state index contributed by atoms with van der Waals surface area (Å²) in [7, 11) is 1.61. The lowest BCUT2D eigenvalue weighted by Crippen LogP contribution is -2.39. The SMILES string of the molecule is C=CCn1c(=O)c2c(nc3n(-c4cc(Cl)ccc4C)c(C)cn23)n(C)c1=O. The van der Waals surface area contributed by atoms with Crippen LogP contribution in [0.2, 0.25) is 5.02 Å². The van der Waals surface area contributed by atoms with E-state index in [0.717, 1.165) is 21.5 Å². The molecule has 138 valence electrons. The molecule has 0 atom stereocenters. The summed E-state index contributed by atoms with van der Waals surface area (Å²) in [5.74, 6) is 0.552. The van der Waals surface area contributed by atoms with E-state index in [9.17, 15) is 9.59 Å². The molecule has 0 aliphatic heterocycles. The molecule has 27 heavy (non-hydrogen) atoms. The van der Waals surface area contributed by atoms with Crippen LogP contribution in [0.5, 0.6) is 0 Å². The Kier molecular flexibility index (Phi) is 3.85. The van der Waals surface area contributed by atoms with Crippen LogP contribution < -0.4 is 11.2 Å². The fourth-order valence-electron chi connectivity index (χ4n) is 3.42. The van der Waals surface area contributed by atoms with E-state index < -0.39 is 5.69 Å². The summed E-state index contributed by atoms with van der Waals surface area (Å²) >= 11 is 6.19. The molecule has 0 radical (unpaired) electrons. The van der Waals surface area contributed by atoms with Gasteiger partial charge in [-0.3, -0.25) is 22.9 Å². The number of halogens is 1. The fraction of sp³-hybridized carbons (Fsp3) is 0.211. The molecule has 4 rings (SSSR count). The quantitative estimate of drug-likeness (QED) is 0.511. The topological polar surface area (TPSA) is 66.2 Å². The highest BCUT2D eigenvalue weighted by atomic mass is 35.5. The largest absolute Gasteiger partial charge is 0.332 e. The van der Waals surface area contributed by atoms with Gasteiger partial charge in [0.25, 0.3) is 5.56 Å². The minimum atomic E-state index is -0.421. The number of rotatable bonds is 3. The van der Waals surface area contributed by atoms with Gasteiger partial charge in [0, 0.05) is 30.5 Å². The Hall–Kier alpha value is -3.06. The van der Waals surface area contributed by atoms with Gasteiger partial charge in [0.1, 0.15) is 0 Å². The molecule has 0 amide bonds. The van der Waals surface area contributed by atoms with Gasteiger partial charge in [-0.1, -0.05) is 23.7 Å². The number of imidazole rings is 2. The Morgan fingerprint density at radius 1 is 1.26 bits per heavy atom. The number of nitrogens with zero attached hydrogens (tertiary/aromatic N) is 5. The zero-order valence-corrected chi connectivity index (χ0v) is 16.0. The van der Waals surface area contributed by atoms with Gasteiger partial charge >= 0.3 is 5.69 Å². The average molecular weight is 384 g/mol. The van der Waals surface area contributed by atoms with E-state index in [0.29, 0.717) is 22.0 Å². The zero-order chi connectivity index (χ0) is 19.5. The summed E-state index contributed by atoms with van der Waals surface area (Å²) in [5.41, 5.74) is 2.68. The van der Waals surface area contributed by atoms with Crippen molar-refractivity contribution in [3.63, 3.8) is 0 Å². The summed E-state index contributed by atoms with van der Waals surface area (Å²) in [6.07, 6.45) is 3.37. The van der Waals surface area contributed by atoms with Crippen molar-refractivity contribution in [3.8, 4) is 5.69 Å². The standard InChI is InChI=1S/C19H18ClN5O2/c1-5-8-23-17(26)15-16(22(4)19(23)27)21-18-24(15)10-12(3)25(18)14-9-13(20)7-6-11(14)2/h5-7,9-10H,1,8H2,2-4H3. The van der Waals surface area contributed by atoms with Gasteiger partial charge in [-0.15, -0.1) is 6.58 Å². The zero-order valence-electron chi connectivity index (χ0n) is 15.2. The van der Waals surface area contributed by atoms with E-state index >= 15 is 0 Å². The Balaban J connectivity index is 2.18. The molecule has 0 saturated carbocycles. The lowest BCUT2D eigenvalue weighted by atomic mass is 10.2. The van der Waals surface area contributed by atoms with Crippen LogP contribution in [-0.2, 0) is 13.6 Å². The summed E-state index contributed by atoms with van der Waals surface area (Å²) in [5, 5.41) is 0.610. The van der Waals surface area contributed by atoms with Crippen molar-refractivity contribution in [2.24, 2.45) is 7.05 Å². The van der Waals surface area contributed by atoms with Crippen LogP contribution in [0, 0.1) is 13.8 Å². The summed E-state index contributed by atoms with van der Waals surface area (Å²) in [4.78, 5) is 30.1. The molecular weight excluding hydrogens is 366 g/mol. The molecule has 3 heterocycles. The first-order valence-corrected chi connectivity index (χ1v) is 8.80. The normalized spacial score (nSPS) is 11.6. The highest BCUT2D eigenvalue weighted by Crippen LogP contribution is 2.25. The predicted octanol–water partition coefficient (Wildman–Crippen LogP) is 2.59. The Morgan fingerprint density at radius 3 is 2.70 bits per heavy atom. The molecule has 0 spiro atoms. The highest BCUT2D eigenvalue weighted by molar-refractivity contribution is 6.30. The second kappa shape index (κ2) is 5.99. The fourth-order valence-corrected chi connectivity index (χ4v) is 3.59. The van der Waals surface area contributed by atoms with Crippen LogP contribution in [0.4, 0.5) is 0 Å². The Bertz CT molecular complexity index is 1350. The van der Waals surface area contributed by atoms with Gasteiger partial charge < -0.3 is 0 Å². The highest BCUT2D eigenvalue weighted by Gasteiger charge is 2.21. The van der Waals surface area contributed by atoms with E-state index in [1.54, 1.807) is 11.4 Å². The van der Waals surface area contributed by atoms with Crippen LogP contribution >= 0.6 is 11.6 Å². The number of hydrogen-bond acceptors (Lipinski definition) is 3. The molecule has 0 unspecified atom stereocenters. The van der Waals surface area contributed by atoms with Crippen molar-refractivity contribution in [2.75, 3.05) is 0 Å². The minimum Gasteiger partial charge on any atom is -0.283 e. The molecule has 0 aliphatic carbocycles. The van der Waals surface area contributed by atoms with Gasteiger partial charge in [-0.2, -0.15) is 4.98 Å². The maximum absolute atomic E-state index is 13.0. The molecule has 0 bridgehead atoms. The molecule has 0 fully saturated rings. The Morgan fingerprint density at radius 2 is 2.00 bits per heavy atom. The van der Waals surface area contributed by atoms with Gasteiger partial charge in [0.15, 0.2) is 11.2 Å². The van der Waals surface area contributed by atoms with Gasteiger partial charge in [-0.25, -0.2) is 4.79 Å². The predicted molar refractivity (Wildman–Crippen MR) is 106 cm³/mol. The average Bonchev–Trinajstić information content (AvgIpc) is 3.14. The van der Waals surface area contributed by atoms with Gasteiger partial charge in [-0.05, 0) is 31.5 Å². The number of allylic oxidation sites excluding steroid dienone is 1. The van der Waals surface area contributed by atoms with Crippen molar-refractivity contribution >= 4 is 28.5 Å². The van der Waals surface area contributed by atoms with E-state index in [-0.39, 0.29) is 12.1 Å². The first kappa shape index (κ1) is 17.4. The van der Waals surface area contributed by atoms with Crippen molar-refractivity contribution in [1.29, 1.82) is 0 Å². The molecule has 7 nitrogen and oxygen atoms in total. The van der Waals surface area contributed by atoms with E-state index in [2.05, 4.69) is 11.6 Å². The van der Waals surface area contributed by atoms with Crippen LogP contribution in [0.15, 0.2) is 46.6 Å². The number of hydrogen-bond donors (Lipinski definition) is 0.